The Bertz CT molecular complexity index is 528. The summed E-state index contributed by atoms with van der Waals surface area (Å²) in [5.74, 6) is 0.887. The number of hydrogen-bond acceptors (Lipinski definition) is 5. The van der Waals surface area contributed by atoms with Gasteiger partial charge < -0.3 is 5.32 Å². The molecule has 0 spiro atoms. The van der Waals surface area contributed by atoms with Crippen LogP contribution in [-0.4, -0.2) is 14.3 Å². The first-order valence-electron chi connectivity index (χ1n) is 5.94. The highest BCUT2D eigenvalue weighted by atomic mass is 32.1. The van der Waals surface area contributed by atoms with E-state index >= 15 is 0 Å². The Morgan fingerprint density at radius 1 is 1.33 bits per heavy atom. The van der Waals surface area contributed by atoms with Crippen molar-refractivity contribution in [3.05, 3.63) is 35.4 Å². The minimum atomic E-state index is 0.000644. The van der Waals surface area contributed by atoms with Crippen molar-refractivity contribution in [3.63, 3.8) is 0 Å². The highest BCUT2D eigenvalue weighted by molar-refractivity contribution is 7.09. The van der Waals surface area contributed by atoms with Gasteiger partial charge in [-0.25, -0.2) is 4.98 Å². The molecule has 96 valence electrons. The summed E-state index contributed by atoms with van der Waals surface area (Å²) in [4.78, 5) is 8.63. The molecule has 0 atom stereocenters. The maximum absolute atomic E-state index is 4.50. The van der Waals surface area contributed by atoms with Gasteiger partial charge in [0.05, 0.1) is 0 Å². The number of hydrogen-bond donors (Lipinski definition) is 1. The molecule has 0 bridgehead atoms. The van der Waals surface area contributed by atoms with Gasteiger partial charge in [0.1, 0.15) is 5.82 Å². The van der Waals surface area contributed by atoms with Crippen LogP contribution in [0.15, 0.2) is 18.5 Å². The Morgan fingerprint density at radius 2 is 2.11 bits per heavy atom. The molecule has 5 heteroatoms. The fraction of sp³-hybridized carbons (Fsp3) is 0.462. The van der Waals surface area contributed by atoms with Crippen molar-refractivity contribution in [2.45, 2.75) is 39.7 Å². The Labute approximate surface area is 112 Å². The van der Waals surface area contributed by atoms with Crippen LogP contribution in [0.2, 0.25) is 0 Å². The molecular weight excluding hydrogens is 244 g/mol. The average Bonchev–Trinajstić information content (AvgIpc) is 2.76. The lowest BCUT2D eigenvalue weighted by Gasteiger charge is -2.12. The van der Waals surface area contributed by atoms with Gasteiger partial charge in [-0.2, -0.15) is 4.37 Å². The van der Waals surface area contributed by atoms with Gasteiger partial charge in [0.2, 0.25) is 5.13 Å². The zero-order chi connectivity index (χ0) is 13.2. The summed E-state index contributed by atoms with van der Waals surface area (Å²) in [5.41, 5.74) is 2.42. The van der Waals surface area contributed by atoms with E-state index in [1.54, 1.807) is 0 Å². The van der Waals surface area contributed by atoms with E-state index in [0.29, 0.717) is 0 Å². The highest BCUT2D eigenvalue weighted by Crippen LogP contribution is 2.23. The largest absolute Gasteiger partial charge is 0.356 e. The van der Waals surface area contributed by atoms with Crippen molar-refractivity contribution in [2.75, 3.05) is 5.32 Å². The maximum Gasteiger partial charge on any atom is 0.202 e. The standard InChI is InChI=1S/C13H18N4S/c1-9-5-6-14-7-10(9)8-15-12-16-11(17-18-12)13(2,3)4/h5-7H,8H2,1-4H3,(H,15,16,17). The SMILES string of the molecule is Cc1ccncc1CNc1nc(C(C)(C)C)ns1. The summed E-state index contributed by atoms with van der Waals surface area (Å²) in [6.45, 7) is 9.16. The average molecular weight is 262 g/mol. The van der Waals surface area contributed by atoms with Crippen LogP contribution in [0.25, 0.3) is 0 Å². The van der Waals surface area contributed by atoms with Gasteiger partial charge in [0, 0.05) is 35.9 Å². The quantitative estimate of drug-likeness (QED) is 0.923. The van der Waals surface area contributed by atoms with E-state index < -0.39 is 0 Å². The second kappa shape index (κ2) is 5.02. The molecular formula is C13H18N4S. The molecule has 0 unspecified atom stereocenters. The van der Waals surface area contributed by atoms with E-state index in [-0.39, 0.29) is 5.41 Å². The van der Waals surface area contributed by atoms with Gasteiger partial charge in [-0.1, -0.05) is 20.8 Å². The highest BCUT2D eigenvalue weighted by Gasteiger charge is 2.19. The lowest BCUT2D eigenvalue weighted by molar-refractivity contribution is 0.555. The molecule has 2 heterocycles. The molecule has 0 saturated heterocycles. The third kappa shape index (κ3) is 3.04. The second-order valence-electron chi connectivity index (χ2n) is 5.33. The van der Waals surface area contributed by atoms with Gasteiger partial charge in [-0.3, -0.25) is 4.98 Å². The van der Waals surface area contributed by atoms with E-state index in [0.717, 1.165) is 17.5 Å². The smallest absolute Gasteiger partial charge is 0.202 e. The van der Waals surface area contributed by atoms with Gasteiger partial charge in [0.25, 0.3) is 0 Å². The fourth-order valence-corrected chi connectivity index (χ4v) is 2.20. The van der Waals surface area contributed by atoms with Crippen LogP contribution in [0.4, 0.5) is 5.13 Å². The zero-order valence-corrected chi connectivity index (χ0v) is 12.0. The molecule has 0 radical (unpaired) electrons. The molecule has 0 aliphatic heterocycles. The number of nitrogens with zero attached hydrogens (tertiary/aromatic N) is 3. The minimum absolute atomic E-state index is 0.000644. The Morgan fingerprint density at radius 3 is 2.72 bits per heavy atom. The van der Waals surface area contributed by atoms with E-state index in [4.69, 9.17) is 0 Å². The van der Waals surface area contributed by atoms with Crippen LogP contribution in [0.3, 0.4) is 0 Å². The topological polar surface area (TPSA) is 50.7 Å². The van der Waals surface area contributed by atoms with Crippen molar-refractivity contribution in [3.8, 4) is 0 Å². The lowest BCUT2D eigenvalue weighted by Crippen LogP contribution is -2.13. The molecule has 1 N–H and O–H groups in total. The zero-order valence-electron chi connectivity index (χ0n) is 11.2. The van der Waals surface area contributed by atoms with Crippen molar-refractivity contribution in [1.29, 1.82) is 0 Å². The number of rotatable bonds is 3. The molecule has 0 fully saturated rings. The van der Waals surface area contributed by atoms with E-state index in [9.17, 15) is 0 Å². The molecule has 2 rings (SSSR count). The molecule has 0 saturated carbocycles. The maximum atomic E-state index is 4.50. The third-order valence-corrected chi connectivity index (χ3v) is 3.35. The predicted octanol–water partition coefficient (Wildman–Crippen LogP) is 3.15. The summed E-state index contributed by atoms with van der Waals surface area (Å²) in [6, 6.07) is 2.01. The monoisotopic (exact) mass is 262 g/mol. The van der Waals surface area contributed by atoms with E-state index in [1.807, 2.05) is 18.5 Å². The number of aryl methyl sites for hydroxylation is 1. The molecule has 2 aromatic rings. The first kappa shape index (κ1) is 13.0. The predicted molar refractivity (Wildman–Crippen MR) is 74.9 cm³/mol. The number of anilines is 1. The Hall–Kier alpha value is -1.49. The summed E-state index contributed by atoms with van der Waals surface area (Å²) >= 11 is 1.41. The van der Waals surface area contributed by atoms with Crippen LogP contribution >= 0.6 is 11.5 Å². The molecule has 4 nitrogen and oxygen atoms in total. The molecule has 0 aliphatic carbocycles. The van der Waals surface area contributed by atoms with Gasteiger partial charge in [-0.15, -0.1) is 0 Å². The number of aromatic nitrogens is 3. The Balaban J connectivity index is 2.03. The third-order valence-electron chi connectivity index (χ3n) is 2.67. The summed E-state index contributed by atoms with van der Waals surface area (Å²) < 4.78 is 4.37. The molecule has 0 aliphatic rings. The van der Waals surface area contributed by atoms with Crippen molar-refractivity contribution in [1.82, 2.24) is 14.3 Å². The summed E-state index contributed by atoms with van der Waals surface area (Å²) in [6.07, 6.45) is 3.69. The van der Waals surface area contributed by atoms with Crippen LogP contribution in [-0.2, 0) is 12.0 Å². The van der Waals surface area contributed by atoms with Crippen LogP contribution < -0.4 is 5.32 Å². The normalized spacial score (nSPS) is 11.6. The summed E-state index contributed by atoms with van der Waals surface area (Å²) in [5, 5.41) is 4.16. The van der Waals surface area contributed by atoms with Crippen molar-refractivity contribution >= 4 is 16.7 Å². The fourth-order valence-electron chi connectivity index (χ4n) is 1.45. The van der Waals surface area contributed by atoms with Crippen molar-refractivity contribution < 1.29 is 0 Å². The van der Waals surface area contributed by atoms with Gasteiger partial charge in [-0.05, 0) is 24.1 Å². The van der Waals surface area contributed by atoms with E-state index in [2.05, 4.69) is 47.4 Å². The van der Waals surface area contributed by atoms with Crippen LogP contribution in [0.5, 0.6) is 0 Å². The number of pyridine rings is 1. The molecule has 0 amide bonds. The first-order valence-corrected chi connectivity index (χ1v) is 6.72. The summed E-state index contributed by atoms with van der Waals surface area (Å²) in [7, 11) is 0. The Kier molecular flexibility index (Phi) is 3.61. The minimum Gasteiger partial charge on any atom is -0.356 e. The first-order chi connectivity index (χ1) is 8.47. The number of nitrogens with one attached hydrogen (secondary N) is 1. The molecule has 18 heavy (non-hydrogen) atoms. The van der Waals surface area contributed by atoms with Gasteiger partial charge >= 0.3 is 0 Å². The van der Waals surface area contributed by atoms with Gasteiger partial charge in [0.15, 0.2) is 0 Å². The van der Waals surface area contributed by atoms with Crippen LogP contribution in [0, 0.1) is 6.92 Å². The molecule has 0 aromatic carbocycles. The lowest BCUT2D eigenvalue weighted by atomic mass is 9.96. The van der Waals surface area contributed by atoms with E-state index in [1.165, 1.54) is 22.7 Å². The molecule has 2 aromatic heterocycles. The second-order valence-corrected chi connectivity index (χ2v) is 6.08. The van der Waals surface area contributed by atoms with Crippen molar-refractivity contribution in [2.24, 2.45) is 0 Å². The van der Waals surface area contributed by atoms with Crippen LogP contribution in [0.1, 0.15) is 37.7 Å².